The van der Waals surface area contributed by atoms with Gasteiger partial charge in [-0.25, -0.2) is 0 Å². The molecule has 1 aromatic rings. The molecule has 1 fully saturated rings. The third-order valence-electron chi connectivity index (χ3n) is 3.15. The first-order valence-electron chi connectivity index (χ1n) is 5.89. The first-order chi connectivity index (χ1) is 8.20. The summed E-state index contributed by atoms with van der Waals surface area (Å²) >= 11 is 1.87. The quantitative estimate of drug-likeness (QED) is 0.757. The van der Waals surface area contributed by atoms with Gasteiger partial charge in [0.25, 0.3) is 0 Å². The van der Waals surface area contributed by atoms with Gasteiger partial charge in [-0.1, -0.05) is 6.07 Å². The minimum Gasteiger partial charge on any atom is -0.481 e. The molecule has 1 N–H and O–H groups in total. The van der Waals surface area contributed by atoms with Crippen molar-refractivity contribution in [1.29, 1.82) is 0 Å². The molecule has 0 unspecified atom stereocenters. The highest BCUT2D eigenvalue weighted by Crippen LogP contribution is 2.50. The third kappa shape index (κ3) is 4.04. The number of carboxylic acid groups (broad SMARTS) is 1. The number of aryl methyl sites for hydroxylation is 1. The molecule has 1 aliphatic carbocycles. The maximum Gasteiger partial charge on any atom is 0.303 e. The fourth-order valence-electron chi connectivity index (χ4n) is 1.89. The Labute approximate surface area is 106 Å². The second kappa shape index (κ2) is 5.54. The van der Waals surface area contributed by atoms with Crippen LogP contribution in [0.1, 0.15) is 24.8 Å². The summed E-state index contributed by atoms with van der Waals surface area (Å²) in [4.78, 5) is 14.8. The van der Waals surface area contributed by atoms with E-state index in [4.69, 9.17) is 5.11 Å². The van der Waals surface area contributed by atoms with Gasteiger partial charge in [-0.2, -0.15) is 11.8 Å². The van der Waals surface area contributed by atoms with Gasteiger partial charge < -0.3 is 5.11 Å². The van der Waals surface area contributed by atoms with Gasteiger partial charge in [0.05, 0.1) is 6.42 Å². The number of aliphatic carboxylic acids is 1. The highest BCUT2D eigenvalue weighted by atomic mass is 32.2. The molecule has 0 amide bonds. The zero-order chi connectivity index (χ0) is 12.1. The topological polar surface area (TPSA) is 50.2 Å². The van der Waals surface area contributed by atoms with Gasteiger partial charge >= 0.3 is 5.97 Å². The van der Waals surface area contributed by atoms with Crippen molar-refractivity contribution >= 4 is 17.7 Å². The van der Waals surface area contributed by atoms with Crippen LogP contribution in [-0.2, 0) is 11.2 Å². The number of aromatic nitrogens is 1. The number of rotatable bonds is 7. The summed E-state index contributed by atoms with van der Waals surface area (Å²) < 4.78 is 0. The number of pyridine rings is 1. The monoisotopic (exact) mass is 251 g/mol. The van der Waals surface area contributed by atoms with Crippen LogP contribution < -0.4 is 0 Å². The van der Waals surface area contributed by atoms with E-state index in [1.807, 2.05) is 24.0 Å². The molecule has 1 saturated carbocycles. The standard InChI is InChI=1S/C13H17NO2S/c15-12(16)8-13(4-5-13)10-17-7-3-11-2-1-6-14-9-11/h1-2,6,9H,3-5,7-8,10H2,(H,15,16). The van der Waals surface area contributed by atoms with E-state index in [1.165, 1.54) is 5.56 Å². The Balaban J connectivity index is 1.65. The van der Waals surface area contributed by atoms with Crippen LogP contribution >= 0.6 is 11.8 Å². The maximum atomic E-state index is 10.7. The lowest BCUT2D eigenvalue weighted by Gasteiger charge is -2.11. The summed E-state index contributed by atoms with van der Waals surface area (Å²) in [5, 5.41) is 8.81. The Morgan fingerprint density at radius 3 is 2.94 bits per heavy atom. The van der Waals surface area contributed by atoms with E-state index in [0.717, 1.165) is 30.8 Å². The molecule has 17 heavy (non-hydrogen) atoms. The van der Waals surface area contributed by atoms with E-state index in [0.29, 0.717) is 6.42 Å². The first-order valence-corrected chi connectivity index (χ1v) is 7.04. The summed E-state index contributed by atoms with van der Waals surface area (Å²) in [5.74, 6) is 1.38. The van der Waals surface area contributed by atoms with E-state index < -0.39 is 5.97 Å². The molecule has 1 heterocycles. The largest absolute Gasteiger partial charge is 0.481 e. The molecule has 2 rings (SSSR count). The molecule has 3 nitrogen and oxygen atoms in total. The van der Waals surface area contributed by atoms with Gasteiger partial charge in [0.1, 0.15) is 0 Å². The fourth-order valence-corrected chi connectivity index (χ4v) is 3.24. The number of carboxylic acids is 1. The van der Waals surface area contributed by atoms with Gasteiger partial charge in [-0.05, 0) is 47.8 Å². The van der Waals surface area contributed by atoms with Crippen molar-refractivity contribution in [1.82, 2.24) is 4.98 Å². The lowest BCUT2D eigenvalue weighted by molar-refractivity contribution is -0.138. The minimum absolute atomic E-state index is 0.117. The van der Waals surface area contributed by atoms with E-state index in [-0.39, 0.29) is 5.41 Å². The second-order valence-electron chi connectivity index (χ2n) is 4.73. The molecular formula is C13H17NO2S. The van der Waals surface area contributed by atoms with Crippen LogP contribution in [0.25, 0.3) is 0 Å². The van der Waals surface area contributed by atoms with Crippen molar-refractivity contribution < 1.29 is 9.90 Å². The Bertz CT molecular complexity index is 376. The highest BCUT2D eigenvalue weighted by Gasteiger charge is 2.43. The Hall–Kier alpha value is -1.03. The smallest absolute Gasteiger partial charge is 0.303 e. The molecule has 1 aliphatic rings. The summed E-state index contributed by atoms with van der Waals surface area (Å²) in [6.07, 6.45) is 7.19. The van der Waals surface area contributed by atoms with Gasteiger partial charge in [0.2, 0.25) is 0 Å². The molecule has 0 aliphatic heterocycles. The second-order valence-corrected chi connectivity index (χ2v) is 5.84. The molecule has 0 aromatic carbocycles. The van der Waals surface area contributed by atoms with Crippen LogP contribution in [-0.4, -0.2) is 27.6 Å². The lowest BCUT2D eigenvalue weighted by atomic mass is 10.1. The molecule has 92 valence electrons. The highest BCUT2D eigenvalue weighted by molar-refractivity contribution is 7.99. The van der Waals surface area contributed by atoms with Crippen molar-refractivity contribution in [2.24, 2.45) is 5.41 Å². The van der Waals surface area contributed by atoms with Crippen molar-refractivity contribution in [2.75, 3.05) is 11.5 Å². The van der Waals surface area contributed by atoms with Gasteiger partial charge in [-0.15, -0.1) is 0 Å². The normalized spacial score (nSPS) is 16.7. The van der Waals surface area contributed by atoms with Crippen LogP contribution in [0.5, 0.6) is 0 Å². The average molecular weight is 251 g/mol. The molecule has 0 saturated heterocycles. The van der Waals surface area contributed by atoms with Crippen molar-refractivity contribution in [2.45, 2.75) is 25.7 Å². The number of hydrogen-bond acceptors (Lipinski definition) is 3. The van der Waals surface area contributed by atoms with Crippen LogP contribution in [0.15, 0.2) is 24.5 Å². The molecule has 0 atom stereocenters. The first kappa shape index (κ1) is 12.4. The number of nitrogens with zero attached hydrogens (tertiary/aromatic N) is 1. The molecule has 0 spiro atoms. The average Bonchev–Trinajstić information content (AvgIpc) is 3.05. The zero-order valence-electron chi connectivity index (χ0n) is 9.76. The molecule has 0 bridgehead atoms. The molecular weight excluding hydrogens is 234 g/mol. The minimum atomic E-state index is -0.657. The number of hydrogen-bond donors (Lipinski definition) is 1. The van der Waals surface area contributed by atoms with Crippen LogP contribution in [0.4, 0.5) is 0 Å². The Morgan fingerprint density at radius 2 is 2.35 bits per heavy atom. The lowest BCUT2D eigenvalue weighted by Crippen LogP contribution is -2.11. The maximum absolute atomic E-state index is 10.7. The number of thioether (sulfide) groups is 1. The molecule has 1 aromatic heterocycles. The van der Waals surface area contributed by atoms with Gasteiger partial charge in [-0.3, -0.25) is 9.78 Å². The zero-order valence-corrected chi connectivity index (χ0v) is 10.6. The molecule has 4 heteroatoms. The summed E-state index contributed by atoms with van der Waals surface area (Å²) in [7, 11) is 0. The van der Waals surface area contributed by atoms with E-state index in [1.54, 1.807) is 6.20 Å². The molecule has 0 radical (unpaired) electrons. The van der Waals surface area contributed by atoms with Gasteiger partial charge in [0.15, 0.2) is 0 Å². The Kier molecular flexibility index (Phi) is 4.05. The number of carbonyl (C=O) groups is 1. The van der Waals surface area contributed by atoms with E-state index >= 15 is 0 Å². The van der Waals surface area contributed by atoms with Crippen molar-refractivity contribution in [3.8, 4) is 0 Å². The van der Waals surface area contributed by atoms with E-state index in [2.05, 4.69) is 11.1 Å². The fraction of sp³-hybridized carbons (Fsp3) is 0.538. The predicted molar refractivity (Wildman–Crippen MR) is 69.2 cm³/mol. The predicted octanol–water partition coefficient (Wildman–Crippen LogP) is 2.61. The van der Waals surface area contributed by atoms with E-state index in [9.17, 15) is 4.79 Å². The van der Waals surface area contributed by atoms with Crippen LogP contribution in [0.3, 0.4) is 0 Å². The summed E-state index contributed by atoms with van der Waals surface area (Å²) in [6, 6.07) is 4.03. The SMILES string of the molecule is O=C(O)CC1(CSCCc2cccnc2)CC1. The van der Waals surface area contributed by atoms with Gasteiger partial charge in [0, 0.05) is 12.4 Å². The van der Waals surface area contributed by atoms with Crippen molar-refractivity contribution in [3.63, 3.8) is 0 Å². The third-order valence-corrected chi connectivity index (χ3v) is 4.46. The van der Waals surface area contributed by atoms with Crippen molar-refractivity contribution in [3.05, 3.63) is 30.1 Å². The summed E-state index contributed by atoms with van der Waals surface area (Å²) in [6.45, 7) is 0. The Morgan fingerprint density at radius 1 is 1.53 bits per heavy atom. The summed E-state index contributed by atoms with van der Waals surface area (Å²) in [5.41, 5.74) is 1.37. The van der Waals surface area contributed by atoms with Crippen LogP contribution in [0, 0.1) is 5.41 Å². The van der Waals surface area contributed by atoms with Crippen LogP contribution in [0.2, 0.25) is 0 Å².